The first-order valence-corrected chi connectivity index (χ1v) is 11.4. The molecule has 0 radical (unpaired) electrons. The van der Waals surface area contributed by atoms with Crippen LogP contribution in [0.3, 0.4) is 0 Å². The van der Waals surface area contributed by atoms with Gasteiger partial charge in [0.05, 0.1) is 34.1 Å². The molecule has 31 heavy (non-hydrogen) atoms. The smallest absolute Gasteiger partial charge is 0.315 e. The Morgan fingerprint density at radius 1 is 1.03 bits per heavy atom. The van der Waals surface area contributed by atoms with E-state index in [0.29, 0.717) is 16.5 Å². The fraction of sp³-hybridized carbons (Fsp3) is 0.667. The molecule has 5 atom stereocenters. The predicted molar refractivity (Wildman–Crippen MR) is 120 cm³/mol. The summed E-state index contributed by atoms with van der Waals surface area (Å²) >= 11 is 12.1. The van der Waals surface area contributed by atoms with E-state index in [0.717, 1.165) is 5.56 Å². The molecule has 0 heterocycles. The lowest BCUT2D eigenvalue weighted by Gasteiger charge is -2.35. The number of hydrogen-bond acceptors (Lipinski definition) is 5. The van der Waals surface area contributed by atoms with Crippen molar-refractivity contribution in [2.75, 3.05) is 0 Å². The number of benzene rings is 1. The standard InChI is InChI=1S/C24H32Cl2O5/c1-22(2,3)30-20(27)18-14-11-17(29-12-13-8-9-15(25)16(26)10-13)24(7,19(14)18)21(28)31-23(4,5)6/h8-10,14,17-19H,11-12H2,1-7H3. The lowest BCUT2D eigenvalue weighted by molar-refractivity contribution is -0.179. The molecule has 0 spiro atoms. The van der Waals surface area contributed by atoms with Gasteiger partial charge in [-0.3, -0.25) is 9.59 Å². The molecule has 0 saturated heterocycles. The van der Waals surface area contributed by atoms with Crippen LogP contribution in [-0.2, 0) is 30.4 Å². The molecule has 1 aromatic carbocycles. The highest BCUT2D eigenvalue weighted by Gasteiger charge is 2.74. The van der Waals surface area contributed by atoms with Crippen LogP contribution in [-0.4, -0.2) is 29.2 Å². The van der Waals surface area contributed by atoms with E-state index < -0.39 is 16.6 Å². The summed E-state index contributed by atoms with van der Waals surface area (Å²) in [6.45, 7) is 13.2. The first kappa shape index (κ1) is 24.3. The van der Waals surface area contributed by atoms with E-state index in [4.69, 9.17) is 37.4 Å². The van der Waals surface area contributed by atoms with E-state index in [-0.39, 0.29) is 42.4 Å². The summed E-state index contributed by atoms with van der Waals surface area (Å²) in [5.41, 5.74) is -1.27. The van der Waals surface area contributed by atoms with E-state index >= 15 is 0 Å². The number of hydrogen-bond donors (Lipinski definition) is 0. The van der Waals surface area contributed by atoms with E-state index in [1.54, 1.807) is 12.1 Å². The summed E-state index contributed by atoms with van der Waals surface area (Å²) in [4.78, 5) is 26.0. The van der Waals surface area contributed by atoms with Gasteiger partial charge in [0.25, 0.3) is 0 Å². The van der Waals surface area contributed by atoms with Crippen molar-refractivity contribution in [3.05, 3.63) is 33.8 Å². The Balaban J connectivity index is 1.79. The van der Waals surface area contributed by atoms with Crippen LogP contribution in [0.2, 0.25) is 10.0 Å². The molecular weight excluding hydrogens is 439 g/mol. The number of rotatable bonds is 5. The van der Waals surface area contributed by atoms with Gasteiger partial charge in [0, 0.05) is 0 Å². The van der Waals surface area contributed by atoms with Gasteiger partial charge in [-0.25, -0.2) is 0 Å². The first-order valence-electron chi connectivity index (χ1n) is 10.7. The summed E-state index contributed by atoms with van der Waals surface area (Å²) in [6, 6.07) is 5.33. The van der Waals surface area contributed by atoms with Crippen LogP contribution in [0.5, 0.6) is 0 Å². The maximum atomic E-state index is 13.3. The Morgan fingerprint density at radius 3 is 2.19 bits per heavy atom. The van der Waals surface area contributed by atoms with E-state index in [2.05, 4.69) is 0 Å². The molecule has 0 aliphatic heterocycles. The molecule has 172 valence electrons. The third-order valence-corrected chi connectivity index (χ3v) is 6.71. The lowest BCUT2D eigenvalue weighted by atomic mass is 9.80. The van der Waals surface area contributed by atoms with E-state index in [1.165, 1.54) is 0 Å². The van der Waals surface area contributed by atoms with Crippen LogP contribution in [0.4, 0.5) is 0 Å². The number of esters is 2. The molecule has 0 amide bonds. The number of fused-ring (bicyclic) bond motifs is 1. The fourth-order valence-electron chi connectivity index (χ4n) is 4.61. The van der Waals surface area contributed by atoms with Crippen molar-refractivity contribution >= 4 is 35.1 Å². The van der Waals surface area contributed by atoms with E-state index in [9.17, 15) is 9.59 Å². The number of carbonyl (C=O) groups excluding carboxylic acids is 2. The maximum absolute atomic E-state index is 13.3. The molecule has 7 heteroatoms. The highest BCUT2D eigenvalue weighted by atomic mass is 35.5. The topological polar surface area (TPSA) is 61.8 Å². The summed E-state index contributed by atoms with van der Waals surface area (Å²) in [5.74, 6) is -0.998. The molecule has 0 bridgehead atoms. The molecule has 2 fully saturated rings. The SMILES string of the molecule is CC(C)(C)OC(=O)C1C2CC(OCc3ccc(Cl)c(Cl)c3)C(C)(C(=O)OC(C)(C)C)C21. The Hall–Kier alpha value is -1.30. The number of halogens is 2. The zero-order valence-corrected chi connectivity index (χ0v) is 20.8. The average molecular weight is 471 g/mol. The predicted octanol–water partition coefficient (Wildman–Crippen LogP) is 5.83. The van der Waals surface area contributed by atoms with Crippen LogP contribution >= 0.6 is 23.2 Å². The van der Waals surface area contributed by atoms with Gasteiger partial charge in [-0.05, 0) is 84.4 Å². The summed E-state index contributed by atoms with van der Waals surface area (Å²) in [6.07, 6.45) is 0.233. The van der Waals surface area contributed by atoms with Crippen molar-refractivity contribution in [2.24, 2.45) is 23.2 Å². The minimum atomic E-state index is -0.935. The van der Waals surface area contributed by atoms with Gasteiger partial charge < -0.3 is 14.2 Å². The minimum absolute atomic E-state index is 0.0474. The Bertz CT molecular complexity index is 870. The summed E-state index contributed by atoms with van der Waals surface area (Å²) < 4.78 is 17.6. The second-order valence-corrected chi connectivity index (χ2v) is 11.6. The molecule has 2 aliphatic carbocycles. The second kappa shape index (κ2) is 8.24. The molecule has 2 aliphatic rings. The molecule has 0 aromatic heterocycles. The normalized spacial score (nSPS) is 30.0. The molecule has 0 N–H and O–H groups in total. The Labute approximate surface area is 194 Å². The average Bonchev–Trinajstić information content (AvgIpc) is 3.25. The van der Waals surface area contributed by atoms with Gasteiger partial charge in [-0.2, -0.15) is 0 Å². The van der Waals surface area contributed by atoms with Gasteiger partial charge in [-0.15, -0.1) is 0 Å². The van der Waals surface area contributed by atoms with Gasteiger partial charge >= 0.3 is 11.9 Å². The van der Waals surface area contributed by atoms with Crippen LogP contribution in [0.1, 0.15) is 60.5 Å². The van der Waals surface area contributed by atoms with Gasteiger partial charge in [0.2, 0.25) is 0 Å². The zero-order valence-electron chi connectivity index (χ0n) is 19.3. The first-order chi connectivity index (χ1) is 14.1. The highest BCUT2D eigenvalue weighted by Crippen LogP contribution is 2.68. The lowest BCUT2D eigenvalue weighted by Crippen LogP contribution is -2.46. The van der Waals surface area contributed by atoms with Gasteiger partial charge in [0.15, 0.2) is 0 Å². The van der Waals surface area contributed by atoms with Crippen molar-refractivity contribution in [3.63, 3.8) is 0 Å². The van der Waals surface area contributed by atoms with Gasteiger partial charge in [0.1, 0.15) is 11.2 Å². The second-order valence-electron chi connectivity index (χ2n) is 10.8. The van der Waals surface area contributed by atoms with Crippen LogP contribution in [0, 0.1) is 23.2 Å². The van der Waals surface area contributed by atoms with Crippen molar-refractivity contribution in [1.29, 1.82) is 0 Å². The molecule has 2 saturated carbocycles. The van der Waals surface area contributed by atoms with Gasteiger partial charge in [-0.1, -0.05) is 29.3 Å². The maximum Gasteiger partial charge on any atom is 0.315 e. The molecule has 3 rings (SSSR count). The molecule has 5 unspecified atom stereocenters. The monoisotopic (exact) mass is 470 g/mol. The summed E-state index contributed by atoms with van der Waals surface area (Å²) in [7, 11) is 0. The Morgan fingerprint density at radius 2 is 1.65 bits per heavy atom. The Kier molecular flexibility index (Phi) is 6.47. The highest BCUT2D eigenvalue weighted by molar-refractivity contribution is 6.42. The molecule has 1 aromatic rings. The van der Waals surface area contributed by atoms with Crippen LogP contribution in [0.15, 0.2) is 18.2 Å². The third-order valence-electron chi connectivity index (χ3n) is 5.97. The van der Waals surface area contributed by atoms with Crippen LogP contribution in [0.25, 0.3) is 0 Å². The van der Waals surface area contributed by atoms with E-state index in [1.807, 2.05) is 54.5 Å². The third kappa shape index (κ3) is 5.20. The number of carbonyl (C=O) groups is 2. The summed E-state index contributed by atoms with van der Waals surface area (Å²) in [5, 5.41) is 0.934. The largest absolute Gasteiger partial charge is 0.460 e. The molecule has 5 nitrogen and oxygen atoms in total. The fourth-order valence-corrected chi connectivity index (χ4v) is 4.93. The van der Waals surface area contributed by atoms with Crippen molar-refractivity contribution < 1.29 is 23.8 Å². The number of ether oxygens (including phenoxy) is 3. The minimum Gasteiger partial charge on any atom is -0.460 e. The van der Waals surface area contributed by atoms with Crippen molar-refractivity contribution in [1.82, 2.24) is 0 Å². The molecular formula is C24H32Cl2O5. The van der Waals surface area contributed by atoms with Crippen molar-refractivity contribution in [3.8, 4) is 0 Å². The van der Waals surface area contributed by atoms with Crippen LogP contribution < -0.4 is 0 Å². The quantitative estimate of drug-likeness (QED) is 0.506. The van der Waals surface area contributed by atoms with Crippen molar-refractivity contribution in [2.45, 2.75) is 78.8 Å². The zero-order chi connectivity index (χ0) is 23.4.